The van der Waals surface area contributed by atoms with Crippen LogP contribution in [0.4, 0.5) is 0 Å². The zero-order valence-corrected chi connectivity index (χ0v) is 13.7. The highest BCUT2D eigenvalue weighted by molar-refractivity contribution is 9.10. The van der Waals surface area contributed by atoms with Crippen molar-refractivity contribution in [3.05, 3.63) is 52.4 Å². The highest BCUT2D eigenvalue weighted by Crippen LogP contribution is 2.23. The maximum absolute atomic E-state index is 6.04. The lowest BCUT2D eigenvalue weighted by Gasteiger charge is -2.09. The number of hydrogen-bond acceptors (Lipinski definition) is 3. The predicted octanol–water partition coefficient (Wildman–Crippen LogP) is 3.99. The lowest BCUT2D eigenvalue weighted by Crippen LogP contribution is -2.04. The first kappa shape index (κ1) is 14.4. The van der Waals surface area contributed by atoms with Gasteiger partial charge in [0.2, 0.25) is 5.88 Å². The molecule has 6 heteroatoms. The van der Waals surface area contributed by atoms with Crippen molar-refractivity contribution in [1.82, 2.24) is 14.5 Å². The fourth-order valence-corrected chi connectivity index (χ4v) is 2.82. The van der Waals surface area contributed by atoms with Gasteiger partial charge in [-0.3, -0.25) is 0 Å². The number of alkyl halides is 1. The number of pyridine rings is 1. The van der Waals surface area contributed by atoms with Crippen LogP contribution in [0.3, 0.4) is 0 Å². The molecule has 108 valence electrons. The lowest BCUT2D eigenvalue weighted by molar-refractivity contribution is 0.397. The van der Waals surface area contributed by atoms with E-state index in [0.29, 0.717) is 18.3 Å². The molecule has 3 aromatic rings. The average molecular weight is 367 g/mol. The third-order valence-corrected chi connectivity index (χ3v) is 3.99. The molecule has 0 fully saturated rings. The summed E-state index contributed by atoms with van der Waals surface area (Å²) in [5.74, 6) is 1.82. The summed E-state index contributed by atoms with van der Waals surface area (Å²) < 4.78 is 8.30. The van der Waals surface area contributed by atoms with Crippen molar-refractivity contribution >= 4 is 38.6 Å². The van der Waals surface area contributed by atoms with Crippen molar-refractivity contribution in [2.75, 3.05) is 7.11 Å². The molecule has 0 radical (unpaired) electrons. The molecule has 0 saturated carbocycles. The van der Waals surface area contributed by atoms with Crippen molar-refractivity contribution in [3.8, 4) is 5.88 Å². The second kappa shape index (κ2) is 6.03. The fourth-order valence-electron chi connectivity index (χ4n) is 2.27. The van der Waals surface area contributed by atoms with Crippen molar-refractivity contribution < 1.29 is 4.74 Å². The standard InChI is InChI=1S/C15H13BrClN3O/c1-21-15-6-10(4-5-18-15)9-20-13-7-11(16)2-3-12(13)19-14(20)8-17/h2-7H,8-9H2,1H3. The summed E-state index contributed by atoms with van der Waals surface area (Å²) in [6.07, 6.45) is 1.74. The van der Waals surface area contributed by atoms with Gasteiger partial charge in [0.25, 0.3) is 0 Å². The molecule has 2 aromatic heterocycles. The average Bonchev–Trinajstić information content (AvgIpc) is 2.85. The Balaban J connectivity index is 2.07. The minimum atomic E-state index is 0.370. The van der Waals surface area contributed by atoms with Gasteiger partial charge in [0, 0.05) is 23.3 Å². The summed E-state index contributed by atoms with van der Waals surface area (Å²) in [5.41, 5.74) is 3.08. The van der Waals surface area contributed by atoms with E-state index in [1.54, 1.807) is 13.3 Å². The Morgan fingerprint density at radius 3 is 2.90 bits per heavy atom. The summed E-state index contributed by atoms with van der Waals surface area (Å²) in [4.78, 5) is 8.70. The van der Waals surface area contributed by atoms with Gasteiger partial charge in [0.1, 0.15) is 5.82 Å². The molecule has 3 rings (SSSR count). The minimum absolute atomic E-state index is 0.370. The monoisotopic (exact) mass is 365 g/mol. The van der Waals surface area contributed by atoms with Crippen molar-refractivity contribution in [3.63, 3.8) is 0 Å². The highest BCUT2D eigenvalue weighted by Gasteiger charge is 2.11. The largest absolute Gasteiger partial charge is 0.481 e. The quantitative estimate of drug-likeness (QED) is 0.656. The van der Waals surface area contributed by atoms with E-state index in [4.69, 9.17) is 16.3 Å². The Kier molecular flexibility index (Phi) is 4.12. The van der Waals surface area contributed by atoms with E-state index >= 15 is 0 Å². The van der Waals surface area contributed by atoms with E-state index in [1.165, 1.54) is 0 Å². The predicted molar refractivity (Wildman–Crippen MR) is 86.9 cm³/mol. The van der Waals surface area contributed by atoms with Crippen LogP contribution in [0.1, 0.15) is 11.4 Å². The van der Waals surface area contributed by atoms with Crippen LogP contribution in [0.5, 0.6) is 5.88 Å². The summed E-state index contributed by atoms with van der Waals surface area (Å²) >= 11 is 9.54. The number of benzene rings is 1. The van der Waals surface area contributed by atoms with Gasteiger partial charge in [0.15, 0.2) is 0 Å². The van der Waals surface area contributed by atoms with E-state index in [9.17, 15) is 0 Å². The van der Waals surface area contributed by atoms with Crippen LogP contribution < -0.4 is 4.74 Å². The molecule has 21 heavy (non-hydrogen) atoms. The van der Waals surface area contributed by atoms with Crippen LogP contribution in [-0.2, 0) is 12.4 Å². The molecule has 0 N–H and O–H groups in total. The van der Waals surface area contributed by atoms with Crippen molar-refractivity contribution in [1.29, 1.82) is 0 Å². The molecule has 1 aromatic carbocycles. The van der Waals surface area contributed by atoms with Crippen LogP contribution in [0.15, 0.2) is 41.0 Å². The summed E-state index contributed by atoms with van der Waals surface area (Å²) in [7, 11) is 1.61. The number of hydrogen-bond donors (Lipinski definition) is 0. The third-order valence-electron chi connectivity index (χ3n) is 3.26. The highest BCUT2D eigenvalue weighted by atomic mass is 79.9. The van der Waals surface area contributed by atoms with Crippen molar-refractivity contribution in [2.24, 2.45) is 0 Å². The number of halogens is 2. The summed E-state index contributed by atoms with van der Waals surface area (Å²) in [6.45, 7) is 0.674. The second-order valence-electron chi connectivity index (χ2n) is 4.59. The molecule has 0 aliphatic carbocycles. The van der Waals surface area contributed by atoms with Gasteiger partial charge in [-0.2, -0.15) is 0 Å². The zero-order valence-electron chi connectivity index (χ0n) is 11.4. The lowest BCUT2D eigenvalue weighted by atomic mass is 10.2. The number of nitrogens with zero attached hydrogens (tertiary/aromatic N) is 3. The maximum Gasteiger partial charge on any atom is 0.213 e. The van der Waals surface area contributed by atoms with E-state index in [-0.39, 0.29) is 0 Å². The summed E-state index contributed by atoms with van der Waals surface area (Å²) in [5, 5.41) is 0. The Labute approximate surface area is 135 Å². The number of ether oxygens (including phenoxy) is 1. The maximum atomic E-state index is 6.04. The van der Waals surface area contributed by atoms with Gasteiger partial charge in [-0.25, -0.2) is 9.97 Å². The number of methoxy groups -OCH3 is 1. The van der Waals surface area contributed by atoms with Crippen LogP contribution >= 0.6 is 27.5 Å². The first-order valence-corrected chi connectivity index (χ1v) is 7.73. The first-order valence-electron chi connectivity index (χ1n) is 6.41. The van der Waals surface area contributed by atoms with Gasteiger partial charge in [-0.1, -0.05) is 15.9 Å². The van der Waals surface area contributed by atoms with E-state index in [0.717, 1.165) is 26.9 Å². The molecular weight excluding hydrogens is 354 g/mol. The Bertz CT molecular complexity index is 788. The number of rotatable bonds is 4. The normalized spacial score (nSPS) is 11.0. The first-order chi connectivity index (χ1) is 10.2. The van der Waals surface area contributed by atoms with Gasteiger partial charge < -0.3 is 9.30 Å². The molecular formula is C15H13BrClN3O. The molecule has 4 nitrogen and oxygen atoms in total. The van der Waals surface area contributed by atoms with Crippen LogP contribution in [0.2, 0.25) is 0 Å². The number of aromatic nitrogens is 3. The molecule has 2 heterocycles. The second-order valence-corrected chi connectivity index (χ2v) is 5.77. The summed E-state index contributed by atoms with van der Waals surface area (Å²) in [6, 6.07) is 9.90. The molecule has 0 bridgehead atoms. The van der Waals surface area contributed by atoms with Crippen LogP contribution in [0.25, 0.3) is 11.0 Å². The topological polar surface area (TPSA) is 39.9 Å². The van der Waals surface area contributed by atoms with E-state index in [1.807, 2.05) is 24.3 Å². The fraction of sp³-hybridized carbons (Fsp3) is 0.200. The third kappa shape index (κ3) is 2.89. The molecule has 0 aliphatic heterocycles. The Morgan fingerprint density at radius 1 is 1.29 bits per heavy atom. The number of imidazole rings is 1. The Hall–Kier alpha value is -1.59. The van der Waals surface area contributed by atoms with Gasteiger partial charge >= 0.3 is 0 Å². The smallest absolute Gasteiger partial charge is 0.213 e. The SMILES string of the molecule is COc1cc(Cn2c(CCl)nc3ccc(Br)cc32)ccn1. The minimum Gasteiger partial charge on any atom is -0.481 e. The van der Waals surface area contributed by atoms with Gasteiger partial charge in [0.05, 0.1) is 24.0 Å². The van der Waals surface area contributed by atoms with Gasteiger partial charge in [-0.15, -0.1) is 11.6 Å². The molecule has 0 aliphatic rings. The molecule has 0 atom stereocenters. The van der Waals surface area contributed by atoms with Crippen LogP contribution in [0, 0.1) is 0 Å². The van der Waals surface area contributed by atoms with Crippen molar-refractivity contribution in [2.45, 2.75) is 12.4 Å². The van der Waals surface area contributed by atoms with Gasteiger partial charge in [-0.05, 0) is 29.8 Å². The molecule has 0 saturated heterocycles. The molecule has 0 spiro atoms. The van der Waals surface area contributed by atoms with E-state index < -0.39 is 0 Å². The number of fused-ring (bicyclic) bond motifs is 1. The van der Waals surface area contributed by atoms with E-state index in [2.05, 4.69) is 36.5 Å². The van der Waals surface area contributed by atoms with Crippen LogP contribution in [-0.4, -0.2) is 21.6 Å². The Morgan fingerprint density at radius 2 is 2.14 bits per heavy atom. The zero-order chi connectivity index (χ0) is 14.8. The molecule has 0 amide bonds. The molecule has 0 unspecified atom stereocenters.